The van der Waals surface area contributed by atoms with Crippen LogP contribution in [0.5, 0.6) is 0 Å². The lowest BCUT2D eigenvalue weighted by atomic mass is 10.4. The van der Waals surface area contributed by atoms with Crippen molar-refractivity contribution in [3.8, 4) is 0 Å². The number of hydroxylamine groups is 4. The second-order valence-electron chi connectivity index (χ2n) is 2.00. The van der Waals surface area contributed by atoms with E-state index in [1.807, 2.05) is 0 Å². The van der Waals surface area contributed by atoms with Gasteiger partial charge in [-0.2, -0.15) is 0 Å². The van der Waals surface area contributed by atoms with Gasteiger partial charge in [0, 0.05) is 12.8 Å². The molecule has 3 heteroatoms. The summed E-state index contributed by atoms with van der Waals surface area (Å²) in [5.74, 6) is 0. The lowest BCUT2D eigenvalue weighted by Crippen LogP contribution is -2.33. The van der Waals surface area contributed by atoms with Crippen molar-refractivity contribution in [3.05, 3.63) is 5.21 Å². The van der Waals surface area contributed by atoms with Gasteiger partial charge in [-0.1, -0.05) is 0 Å². The highest BCUT2D eigenvalue weighted by Gasteiger charge is 2.19. The van der Waals surface area contributed by atoms with Crippen molar-refractivity contribution in [3.63, 3.8) is 0 Å². The molecule has 1 rings (SSSR count). The van der Waals surface area contributed by atoms with E-state index in [9.17, 15) is 5.21 Å². The van der Waals surface area contributed by atoms with Crippen LogP contribution >= 0.6 is 0 Å². The Kier molecular flexibility index (Phi) is 1.03. The summed E-state index contributed by atoms with van der Waals surface area (Å²) in [5.41, 5.74) is 0. The first-order valence-corrected chi connectivity index (χ1v) is 2.52. The van der Waals surface area contributed by atoms with Crippen LogP contribution in [0, 0.1) is 5.21 Å². The molecule has 7 heavy (non-hydrogen) atoms. The molecule has 3 nitrogen and oxygen atoms in total. The molecule has 1 aliphatic rings. The standard InChI is InChI=1S/C4H9NO2/c6-5(7)3-1-2-4-5/h6H,1-4H2. The summed E-state index contributed by atoms with van der Waals surface area (Å²) < 4.78 is 0. The topological polar surface area (TPSA) is 43.3 Å². The van der Waals surface area contributed by atoms with Crippen molar-refractivity contribution >= 4 is 0 Å². The van der Waals surface area contributed by atoms with E-state index < -0.39 is 4.81 Å². The average Bonchev–Trinajstić information content (AvgIpc) is 1.84. The first-order chi connectivity index (χ1) is 3.21. The molecule has 1 N–H and O–H groups in total. The Hall–Kier alpha value is -0.120. The van der Waals surface area contributed by atoms with Gasteiger partial charge in [0.1, 0.15) is 13.1 Å². The van der Waals surface area contributed by atoms with Crippen molar-refractivity contribution < 1.29 is 10.0 Å². The minimum atomic E-state index is -1.00. The molecular weight excluding hydrogens is 94.0 g/mol. The smallest absolute Gasteiger partial charge is 0.108 e. The van der Waals surface area contributed by atoms with Crippen LogP contribution in [0.1, 0.15) is 12.8 Å². The third kappa shape index (κ3) is 1.12. The van der Waals surface area contributed by atoms with E-state index in [1.54, 1.807) is 0 Å². The van der Waals surface area contributed by atoms with Crippen LogP contribution in [0.2, 0.25) is 0 Å². The van der Waals surface area contributed by atoms with Crippen LogP contribution in [0.4, 0.5) is 0 Å². The van der Waals surface area contributed by atoms with Gasteiger partial charge in [0.25, 0.3) is 0 Å². The Morgan fingerprint density at radius 2 is 1.71 bits per heavy atom. The molecule has 0 amide bonds. The van der Waals surface area contributed by atoms with Crippen LogP contribution in [0.3, 0.4) is 0 Å². The minimum absolute atomic E-state index is 0.389. The maximum atomic E-state index is 10.4. The summed E-state index contributed by atoms with van der Waals surface area (Å²) in [6.07, 6.45) is 1.75. The van der Waals surface area contributed by atoms with Gasteiger partial charge in [0.15, 0.2) is 0 Å². The molecule has 0 aliphatic carbocycles. The Morgan fingerprint density at radius 3 is 1.86 bits per heavy atom. The zero-order valence-electron chi connectivity index (χ0n) is 4.13. The zero-order valence-corrected chi connectivity index (χ0v) is 4.13. The summed E-state index contributed by atoms with van der Waals surface area (Å²) in [7, 11) is 0. The molecule has 1 saturated heterocycles. The first-order valence-electron chi connectivity index (χ1n) is 2.52. The fourth-order valence-corrected chi connectivity index (χ4v) is 0.830. The Morgan fingerprint density at radius 1 is 1.29 bits per heavy atom. The van der Waals surface area contributed by atoms with Crippen LogP contribution in [0.15, 0.2) is 0 Å². The normalized spacial score (nSPS) is 28.3. The number of rotatable bonds is 0. The lowest BCUT2D eigenvalue weighted by molar-refractivity contribution is -1.05. The third-order valence-corrected chi connectivity index (χ3v) is 1.27. The van der Waals surface area contributed by atoms with Gasteiger partial charge in [0.2, 0.25) is 0 Å². The quantitative estimate of drug-likeness (QED) is 0.358. The number of quaternary nitrogens is 1. The van der Waals surface area contributed by atoms with Gasteiger partial charge in [-0.3, -0.25) is 0 Å². The fraction of sp³-hybridized carbons (Fsp3) is 1.00. The zero-order chi connectivity index (χ0) is 5.33. The van der Waals surface area contributed by atoms with Gasteiger partial charge in [-0.05, 0) is 0 Å². The highest BCUT2D eigenvalue weighted by Crippen LogP contribution is 2.12. The lowest BCUT2D eigenvalue weighted by Gasteiger charge is -2.27. The molecule has 0 aromatic rings. The molecule has 0 spiro atoms. The van der Waals surface area contributed by atoms with E-state index in [1.165, 1.54) is 0 Å². The van der Waals surface area contributed by atoms with Crippen LogP contribution in [-0.2, 0) is 0 Å². The van der Waals surface area contributed by atoms with Crippen molar-refractivity contribution in [2.45, 2.75) is 12.8 Å². The number of hydrogen-bond acceptors (Lipinski definition) is 2. The third-order valence-electron chi connectivity index (χ3n) is 1.27. The summed E-state index contributed by atoms with van der Waals surface area (Å²) in [6, 6.07) is 0. The summed E-state index contributed by atoms with van der Waals surface area (Å²) >= 11 is 0. The predicted octanol–water partition coefficient (Wildman–Crippen LogP) is 0.484. The second-order valence-corrected chi connectivity index (χ2v) is 2.00. The summed E-state index contributed by atoms with van der Waals surface area (Å²) in [4.78, 5) is -1.00. The van der Waals surface area contributed by atoms with E-state index in [0.717, 1.165) is 12.8 Å². The fourth-order valence-electron chi connectivity index (χ4n) is 0.830. The van der Waals surface area contributed by atoms with Crippen LogP contribution in [0.25, 0.3) is 0 Å². The van der Waals surface area contributed by atoms with E-state index in [-0.39, 0.29) is 0 Å². The Balaban J connectivity index is 2.40. The largest absolute Gasteiger partial charge is 0.598 e. The van der Waals surface area contributed by atoms with Gasteiger partial charge in [0.05, 0.1) is 0 Å². The van der Waals surface area contributed by atoms with E-state index in [4.69, 9.17) is 5.21 Å². The molecule has 0 saturated carbocycles. The van der Waals surface area contributed by atoms with Crippen molar-refractivity contribution in [2.75, 3.05) is 13.1 Å². The van der Waals surface area contributed by atoms with Crippen molar-refractivity contribution in [2.24, 2.45) is 0 Å². The maximum absolute atomic E-state index is 10.4. The van der Waals surface area contributed by atoms with Gasteiger partial charge >= 0.3 is 0 Å². The summed E-state index contributed by atoms with van der Waals surface area (Å²) in [6.45, 7) is 0.778. The highest BCUT2D eigenvalue weighted by atomic mass is 16.8. The molecule has 0 unspecified atom stereocenters. The average molecular weight is 103 g/mol. The molecule has 0 bridgehead atoms. The Bertz CT molecular complexity index is 64.1. The maximum Gasteiger partial charge on any atom is 0.108 e. The number of nitrogens with zero attached hydrogens (tertiary/aromatic N) is 1. The number of hydrogen-bond donors (Lipinski definition) is 1. The van der Waals surface area contributed by atoms with Crippen molar-refractivity contribution in [1.29, 1.82) is 0 Å². The monoisotopic (exact) mass is 103 g/mol. The van der Waals surface area contributed by atoms with Gasteiger partial charge < -0.3 is 5.21 Å². The van der Waals surface area contributed by atoms with Crippen LogP contribution < -0.4 is 0 Å². The molecule has 42 valence electrons. The highest BCUT2D eigenvalue weighted by molar-refractivity contribution is 4.46. The second kappa shape index (κ2) is 1.43. The van der Waals surface area contributed by atoms with Gasteiger partial charge in [-0.15, -0.1) is 0 Å². The SMILES string of the molecule is [O-][N+]1(O)CCCC1. The molecule has 0 atom stereocenters. The van der Waals surface area contributed by atoms with E-state index in [0.29, 0.717) is 13.1 Å². The van der Waals surface area contributed by atoms with Crippen molar-refractivity contribution in [1.82, 2.24) is 0 Å². The summed E-state index contributed by atoms with van der Waals surface area (Å²) in [5, 5.41) is 19.0. The van der Waals surface area contributed by atoms with E-state index >= 15 is 0 Å². The molecule has 0 aromatic heterocycles. The molecule has 1 heterocycles. The molecule has 0 radical (unpaired) electrons. The van der Waals surface area contributed by atoms with E-state index in [2.05, 4.69) is 0 Å². The Labute approximate surface area is 42.3 Å². The first kappa shape index (κ1) is 5.03. The van der Waals surface area contributed by atoms with Gasteiger partial charge in [-0.25, -0.2) is 10.0 Å². The van der Waals surface area contributed by atoms with Crippen LogP contribution in [-0.4, -0.2) is 23.1 Å². The predicted molar refractivity (Wildman–Crippen MR) is 24.4 cm³/mol. The minimum Gasteiger partial charge on any atom is -0.598 e. The molecule has 1 fully saturated rings. The molecule has 1 aliphatic heterocycles. The molecular formula is C4H9NO2. The molecule has 0 aromatic carbocycles.